The van der Waals surface area contributed by atoms with Gasteiger partial charge in [-0.3, -0.25) is 19.5 Å². The maximum Gasteiger partial charge on any atom is 0.229 e. The van der Waals surface area contributed by atoms with Gasteiger partial charge in [-0.1, -0.05) is 23.7 Å². The third-order valence-electron chi connectivity index (χ3n) is 3.88. The highest BCUT2D eigenvalue weighted by Crippen LogP contribution is 2.13. The van der Waals surface area contributed by atoms with E-state index in [9.17, 15) is 9.59 Å². The third kappa shape index (κ3) is 4.96. The van der Waals surface area contributed by atoms with Crippen molar-refractivity contribution in [2.75, 3.05) is 27.2 Å². The quantitative estimate of drug-likeness (QED) is 0.500. The average Bonchev–Trinajstić information content (AvgIpc) is 2.53. The summed E-state index contributed by atoms with van der Waals surface area (Å²) in [5, 5.41) is 3.89. The van der Waals surface area contributed by atoms with E-state index >= 15 is 0 Å². The fourth-order valence-corrected chi connectivity index (χ4v) is 2.91. The number of carbonyl (C=O) groups is 2. The number of imide groups is 1. The molecule has 1 fully saturated rings. The van der Waals surface area contributed by atoms with Gasteiger partial charge in [-0.15, -0.1) is 0 Å². The topological polar surface area (TPSA) is 65.0 Å². The number of nitrogens with one attached hydrogen (secondary N) is 1. The van der Waals surface area contributed by atoms with E-state index in [1.54, 1.807) is 7.05 Å². The Hall–Kier alpha value is -2.08. The summed E-state index contributed by atoms with van der Waals surface area (Å²) in [6, 6.07) is 7.66. The van der Waals surface area contributed by atoms with Gasteiger partial charge in [0.1, 0.15) is 0 Å². The molecule has 0 bridgehead atoms. The van der Waals surface area contributed by atoms with E-state index in [0.29, 0.717) is 49.9 Å². The Balaban J connectivity index is 1.85. The predicted octanol–water partition coefficient (Wildman–Crippen LogP) is 1.89. The molecule has 7 heteroatoms. The molecule has 130 valence electrons. The fourth-order valence-electron chi connectivity index (χ4n) is 2.70. The molecule has 1 N–H and O–H groups in total. The Kier molecular flexibility index (Phi) is 6.61. The smallest absolute Gasteiger partial charge is 0.229 e. The molecule has 0 aliphatic carbocycles. The summed E-state index contributed by atoms with van der Waals surface area (Å²) in [6.07, 6.45) is 1.57. The van der Waals surface area contributed by atoms with Crippen molar-refractivity contribution in [3.63, 3.8) is 0 Å². The van der Waals surface area contributed by atoms with Crippen LogP contribution in [0.25, 0.3) is 0 Å². The number of piperidine rings is 1. The summed E-state index contributed by atoms with van der Waals surface area (Å²) < 4.78 is 0. The van der Waals surface area contributed by atoms with E-state index in [-0.39, 0.29) is 11.8 Å². The largest absolute Gasteiger partial charge is 0.354 e. The van der Waals surface area contributed by atoms with Crippen LogP contribution < -0.4 is 5.32 Å². The predicted molar refractivity (Wildman–Crippen MR) is 94.9 cm³/mol. The van der Waals surface area contributed by atoms with Gasteiger partial charge in [0.15, 0.2) is 5.96 Å². The molecule has 24 heavy (non-hydrogen) atoms. The van der Waals surface area contributed by atoms with Gasteiger partial charge in [-0.25, -0.2) is 0 Å². The van der Waals surface area contributed by atoms with Crippen LogP contribution in [0.3, 0.4) is 0 Å². The number of hydrogen-bond donors (Lipinski definition) is 1. The van der Waals surface area contributed by atoms with Crippen LogP contribution in [0.1, 0.15) is 24.8 Å². The number of hydrogen-bond acceptors (Lipinski definition) is 3. The second kappa shape index (κ2) is 8.68. The van der Waals surface area contributed by atoms with Crippen LogP contribution in [0, 0.1) is 0 Å². The number of carbonyl (C=O) groups excluding carboxylic acids is 2. The zero-order valence-electron chi connectivity index (χ0n) is 14.1. The molecule has 2 rings (SSSR count). The second-order valence-electron chi connectivity index (χ2n) is 5.75. The molecular formula is C17H23ClN4O2. The SMILES string of the molecule is CN=C(NCCN1C(=O)CCCC1=O)N(C)Cc1cccc(Cl)c1. The first-order valence-corrected chi connectivity index (χ1v) is 8.38. The van der Waals surface area contributed by atoms with Crippen molar-refractivity contribution in [1.82, 2.24) is 15.1 Å². The van der Waals surface area contributed by atoms with E-state index in [1.165, 1.54) is 4.90 Å². The van der Waals surface area contributed by atoms with Crippen molar-refractivity contribution in [2.24, 2.45) is 4.99 Å². The van der Waals surface area contributed by atoms with Crippen LogP contribution >= 0.6 is 11.6 Å². The summed E-state index contributed by atoms with van der Waals surface area (Å²) in [6.45, 7) is 1.49. The summed E-state index contributed by atoms with van der Waals surface area (Å²) in [7, 11) is 3.63. The molecule has 1 saturated heterocycles. The molecule has 2 amide bonds. The number of guanidine groups is 1. The summed E-state index contributed by atoms with van der Waals surface area (Å²) in [5.74, 6) is 0.525. The van der Waals surface area contributed by atoms with Gasteiger partial charge in [-0.05, 0) is 24.1 Å². The first-order chi connectivity index (χ1) is 11.5. The van der Waals surface area contributed by atoms with Gasteiger partial charge < -0.3 is 10.2 Å². The van der Waals surface area contributed by atoms with E-state index in [1.807, 2.05) is 36.2 Å². The van der Waals surface area contributed by atoms with Crippen LogP contribution in [0.15, 0.2) is 29.3 Å². The summed E-state index contributed by atoms with van der Waals surface area (Å²) in [5.41, 5.74) is 1.08. The van der Waals surface area contributed by atoms with Crippen molar-refractivity contribution in [1.29, 1.82) is 0 Å². The van der Waals surface area contributed by atoms with Crippen molar-refractivity contribution in [2.45, 2.75) is 25.8 Å². The van der Waals surface area contributed by atoms with Crippen LogP contribution in [0.4, 0.5) is 0 Å². The van der Waals surface area contributed by atoms with Crippen molar-refractivity contribution < 1.29 is 9.59 Å². The monoisotopic (exact) mass is 350 g/mol. The van der Waals surface area contributed by atoms with E-state index in [4.69, 9.17) is 11.6 Å². The Morgan fingerprint density at radius 1 is 1.33 bits per heavy atom. The Bertz CT molecular complexity index is 617. The molecule has 0 saturated carbocycles. The molecule has 0 atom stereocenters. The molecule has 1 aliphatic heterocycles. The zero-order valence-corrected chi connectivity index (χ0v) is 14.8. The molecular weight excluding hydrogens is 328 g/mol. The minimum atomic E-state index is -0.0877. The number of nitrogens with zero attached hydrogens (tertiary/aromatic N) is 3. The molecule has 0 spiro atoms. The van der Waals surface area contributed by atoms with Gasteiger partial charge in [0.2, 0.25) is 11.8 Å². The van der Waals surface area contributed by atoms with Crippen LogP contribution in [0.2, 0.25) is 5.02 Å². The highest BCUT2D eigenvalue weighted by Gasteiger charge is 2.25. The Morgan fingerprint density at radius 2 is 2.04 bits per heavy atom. The second-order valence-corrected chi connectivity index (χ2v) is 6.19. The van der Waals surface area contributed by atoms with Crippen LogP contribution in [0.5, 0.6) is 0 Å². The van der Waals surface area contributed by atoms with E-state index in [2.05, 4.69) is 10.3 Å². The van der Waals surface area contributed by atoms with Gasteiger partial charge in [-0.2, -0.15) is 0 Å². The van der Waals surface area contributed by atoms with Crippen molar-refractivity contribution in [3.05, 3.63) is 34.9 Å². The number of likely N-dealkylation sites (tertiary alicyclic amines) is 1. The fraction of sp³-hybridized carbons (Fsp3) is 0.471. The highest BCUT2D eigenvalue weighted by atomic mass is 35.5. The number of amides is 2. The van der Waals surface area contributed by atoms with Crippen LogP contribution in [-0.4, -0.2) is 54.8 Å². The minimum absolute atomic E-state index is 0.0877. The third-order valence-corrected chi connectivity index (χ3v) is 4.12. The number of halogens is 1. The lowest BCUT2D eigenvalue weighted by atomic mass is 10.1. The maximum atomic E-state index is 11.8. The number of rotatable bonds is 5. The van der Waals surface area contributed by atoms with Crippen LogP contribution in [-0.2, 0) is 16.1 Å². The van der Waals surface area contributed by atoms with E-state index in [0.717, 1.165) is 5.56 Å². The normalized spacial score (nSPS) is 15.6. The summed E-state index contributed by atoms with van der Waals surface area (Å²) >= 11 is 6.00. The Labute approximate surface area is 147 Å². The lowest BCUT2D eigenvalue weighted by molar-refractivity contribution is -0.147. The average molecular weight is 351 g/mol. The minimum Gasteiger partial charge on any atom is -0.354 e. The summed E-state index contributed by atoms with van der Waals surface area (Å²) in [4.78, 5) is 31.1. The van der Waals surface area contributed by atoms with Gasteiger partial charge in [0.25, 0.3) is 0 Å². The standard InChI is InChI=1S/C17H23ClN4O2/c1-19-17(21(2)12-13-5-3-6-14(18)11-13)20-9-10-22-15(23)7-4-8-16(22)24/h3,5-6,11H,4,7-10,12H2,1-2H3,(H,19,20). The zero-order chi connectivity index (χ0) is 17.5. The first-order valence-electron chi connectivity index (χ1n) is 8.00. The Morgan fingerprint density at radius 3 is 2.67 bits per heavy atom. The lowest BCUT2D eigenvalue weighted by Crippen LogP contribution is -2.46. The van der Waals surface area contributed by atoms with Crippen molar-refractivity contribution in [3.8, 4) is 0 Å². The molecule has 6 nitrogen and oxygen atoms in total. The molecule has 1 aromatic carbocycles. The molecule has 1 heterocycles. The number of benzene rings is 1. The molecule has 0 radical (unpaired) electrons. The highest BCUT2D eigenvalue weighted by molar-refractivity contribution is 6.30. The number of aliphatic imine (C=N–C) groups is 1. The maximum absolute atomic E-state index is 11.8. The molecule has 1 aliphatic rings. The molecule has 0 unspecified atom stereocenters. The molecule has 0 aromatic heterocycles. The molecule has 1 aromatic rings. The van der Waals surface area contributed by atoms with E-state index < -0.39 is 0 Å². The van der Waals surface area contributed by atoms with Gasteiger partial charge >= 0.3 is 0 Å². The first kappa shape index (κ1) is 18.3. The van der Waals surface area contributed by atoms with Gasteiger partial charge in [0, 0.05) is 51.6 Å². The lowest BCUT2D eigenvalue weighted by Gasteiger charge is -2.26. The van der Waals surface area contributed by atoms with Crippen molar-refractivity contribution >= 4 is 29.4 Å². The van der Waals surface area contributed by atoms with Gasteiger partial charge in [0.05, 0.1) is 0 Å².